The number of carbonyl (C=O) groups excluding carboxylic acids is 1. The zero-order chi connectivity index (χ0) is 18.4. The van der Waals surface area contributed by atoms with Gasteiger partial charge in [-0.2, -0.15) is 22.0 Å². The Morgan fingerprint density at radius 1 is 1.16 bits per heavy atom. The van der Waals surface area contributed by atoms with Crippen molar-refractivity contribution in [3.63, 3.8) is 0 Å². The maximum Gasteiger partial charge on any atom is 0.459 e. The van der Waals surface area contributed by atoms with Gasteiger partial charge >= 0.3 is 12.1 Å². The molecule has 1 heterocycles. The molecule has 1 aromatic heterocycles. The number of aromatic nitrogens is 1. The van der Waals surface area contributed by atoms with Gasteiger partial charge in [0.25, 0.3) is 5.91 Å². The molecule has 1 fully saturated rings. The highest BCUT2D eigenvalue weighted by atomic mass is 32.1. The van der Waals surface area contributed by atoms with E-state index < -0.39 is 28.6 Å². The lowest BCUT2D eigenvalue weighted by Gasteiger charge is -2.18. The molecule has 0 bridgehead atoms. The molecule has 0 radical (unpaired) electrons. The van der Waals surface area contributed by atoms with E-state index in [1.54, 1.807) is 0 Å². The molecular formula is C15H12F5N3OS. The molecule has 1 amide bonds. The van der Waals surface area contributed by atoms with E-state index in [4.69, 9.17) is 5.73 Å². The lowest BCUT2D eigenvalue weighted by Crippen LogP contribution is -2.36. The van der Waals surface area contributed by atoms with Crippen molar-refractivity contribution in [2.75, 3.05) is 5.73 Å². The largest absolute Gasteiger partial charge is 0.459 e. The van der Waals surface area contributed by atoms with Crippen LogP contribution in [0.25, 0.3) is 10.6 Å². The average Bonchev–Trinajstić information content (AvgIpc) is 3.21. The number of benzene rings is 1. The first-order valence-corrected chi connectivity index (χ1v) is 8.04. The van der Waals surface area contributed by atoms with E-state index in [9.17, 15) is 26.7 Å². The van der Waals surface area contributed by atoms with Gasteiger partial charge in [-0.3, -0.25) is 4.79 Å². The van der Waals surface area contributed by atoms with Gasteiger partial charge in [0.2, 0.25) is 0 Å². The number of thiazole rings is 1. The molecule has 0 saturated heterocycles. The van der Waals surface area contributed by atoms with Crippen LogP contribution in [0.5, 0.6) is 0 Å². The van der Waals surface area contributed by atoms with E-state index in [1.165, 1.54) is 24.3 Å². The zero-order valence-electron chi connectivity index (χ0n) is 12.5. The Bertz CT molecular complexity index is 796. The summed E-state index contributed by atoms with van der Waals surface area (Å²) in [4.78, 5) is 14.8. The standard InChI is InChI=1S/C15H12F5N3OS/c16-14(17,15(18,19)20)11-10(12(24)22-9-5-6-9)25-13(23-11)7-1-3-8(21)4-2-7/h1-4,9H,5-6,21H2,(H,22,24). The molecule has 134 valence electrons. The summed E-state index contributed by atoms with van der Waals surface area (Å²) in [7, 11) is 0. The Morgan fingerprint density at radius 3 is 2.28 bits per heavy atom. The number of rotatable bonds is 4. The lowest BCUT2D eigenvalue weighted by atomic mass is 10.2. The van der Waals surface area contributed by atoms with Gasteiger partial charge in [0.15, 0.2) is 0 Å². The van der Waals surface area contributed by atoms with E-state index in [0.29, 0.717) is 35.4 Å². The molecule has 25 heavy (non-hydrogen) atoms. The molecule has 0 atom stereocenters. The molecule has 1 aromatic carbocycles. The summed E-state index contributed by atoms with van der Waals surface area (Å²) >= 11 is 0.495. The van der Waals surface area contributed by atoms with Gasteiger partial charge in [0.1, 0.15) is 15.6 Å². The van der Waals surface area contributed by atoms with Gasteiger partial charge in [-0.1, -0.05) is 0 Å². The number of halogens is 5. The van der Waals surface area contributed by atoms with Crippen LogP contribution < -0.4 is 11.1 Å². The Hall–Kier alpha value is -2.23. The predicted octanol–water partition coefficient (Wildman–Crippen LogP) is 3.94. The summed E-state index contributed by atoms with van der Waals surface area (Å²) in [6.07, 6.45) is -4.52. The second-order valence-corrected chi connectivity index (χ2v) is 6.64. The summed E-state index contributed by atoms with van der Waals surface area (Å²) in [5.74, 6) is -6.20. The van der Waals surface area contributed by atoms with Gasteiger partial charge in [-0.25, -0.2) is 4.98 Å². The molecule has 1 saturated carbocycles. The fourth-order valence-corrected chi connectivity index (χ4v) is 3.06. The third kappa shape index (κ3) is 3.44. The Labute approximate surface area is 142 Å². The molecule has 0 spiro atoms. The molecule has 1 aliphatic rings. The Morgan fingerprint density at radius 2 is 1.76 bits per heavy atom. The number of nitrogens with one attached hydrogen (secondary N) is 1. The van der Waals surface area contributed by atoms with Crippen LogP contribution in [0.4, 0.5) is 27.6 Å². The maximum absolute atomic E-state index is 13.8. The van der Waals surface area contributed by atoms with Crippen LogP contribution in [0.15, 0.2) is 24.3 Å². The molecule has 0 unspecified atom stereocenters. The topological polar surface area (TPSA) is 68.0 Å². The first-order chi connectivity index (χ1) is 11.6. The third-order valence-corrected chi connectivity index (χ3v) is 4.66. The number of alkyl halides is 5. The molecule has 10 heteroatoms. The second-order valence-electron chi connectivity index (χ2n) is 5.64. The number of nitrogens with zero attached hydrogens (tertiary/aromatic N) is 1. The van der Waals surface area contributed by atoms with Gasteiger partial charge in [0.05, 0.1) is 0 Å². The van der Waals surface area contributed by atoms with E-state index >= 15 is 0 Å². The molecular weight excluding hydrogens is 365 g/mol. The minimum Gasteiger partial charge on any atom is -0.399 e. The van der Waals surface area contributed by atoms with Crippen LogP contribution >= 0.6 is 11.3 Å². The second kappa shape index (κ2) is 5.94. The van der Waals surface area contributed by atoms with Crippen molar-refractivity contribution in [1.29, 1.82) is 0 Å². The van der Waals surface area contributed by atoms with Crippen molar-refractivity contribution in [2.24, 2.45) is 0 Å². The molecule has 0 aliphatic heterocycles. The fourth-order valence-electron chi connectivity index (χ4n) is 2.05. The van der Waals surface area contributed by atoms with E-state index in [2.05, 4.69) is 10.3 Å². The van der Waals surface area contributed by atoms with Crippen LogP contribution in [0, 0.1) is 0 Å². The van der Waals surface area contributed by atoms with E-state index in [1.807, 2.05) is 0 Å². The normalized spacial score (nSPS) is 15.2. The number of nitrogens with two attached hydrogens (primary N) is 1. The van der Waals surface area contributed by atoms with Crippen molar-refractivity contribution < 1.29 is 26.7 Å². The number of nitrogen functional groups attached to an aromatic ring is 1. The van der Waals surface area contributed by atoms with E-state index in [-0.39, 0.29) is 11.0 Å². The number of carbonyl (C=O) groups is 1. The SMILES string of the molecule is Nc1ccc(-c2nc(C(F)(F)C(F)(F)F)c(C(=O)NC3CC3)s2)cc1. The van der Waals surface area contributed by atoms with Gasteiger partial charge in [0, 0.05) is 17.3 Å². The van der Waals surface area contributed by atoms with Gasteiger partial charge in [-0.15, -0.1) is 11.3 Å². The maximum atomic E-state index is 13.8. The number of hydrogen-bond acceptors (Lipinski definition) is 4. The quantitative estimate of drug-likeness (QED) is 0.627. The van der Waals surface area contributed by atoms with Crippen molar-refractivity contribution >= 4 is 22.9 Å². The third-order valence-electron chi connectivity index (χ3n) is 3.56. The smallest absolute Gasteiger partial charge is 0.399 e. The lowest BCUT2D eigenvalue weighted by molar-refractivity contribution is -0.290. The van der Waals surface area contributed by atoms with Crippen LogP contribution in [-0.4, -0.2) is 23.1 Å². The van der Waals surface area contributed by atoms with Crippen LogP contribution in [0.2, 0.25) is 0 Å². The van der Waals surface area contributed by atoms with Crippen molar-refractivity contribution in [3.05, 3.63) is 34.8 Å². The molecule has 2 aromatic rings. The first kappa shape index (κ1) is 17.6. The highest BCUT2D eigenvalue weighted by Gasteiger charge is 2.62. The van der Waals surface area contributed by atoms with E-state index in [0.717, 1.165) is 0 Å². The molecule has 1 aliphatic carbocycles. The monoisotopic (exact) mass is 377 g/mol. The zero-order valence-corrected chi connectivity index (χ0v) is 13.3. The summed E-state index contributed by atoms with van der Waals surface area (Å²) in [5, 5.41) is 2.31. The van der Waals surface area contributed by atoms with Crippen molar-refractivity contribution in [3.8, 4) is 10.6 Å². The number of anilines is 1. The molecule has 3 rings (SSSR count). The predicted molar refractivity (Wildman–Crippen MR) is 82.4 cm³/mol. The molecule has 4 nitrogen and oxygen atoms in total. The summed E-state index contributed by atoms with van der Waals surface area (Å²) in [5.41, 5.74) is 4.64. The van der Waals surface area contributed by atoms with Crippen molar-refractivity contribution in [1.82, 2.24) is 10.3 Å². The minimum atomic E-state index is -5.85. The average molecular weight is 377 g/mol. The summed E-state index contributed by atoms with van der Waals surface area (Å²) in [6.45, 7) is 0. The minimum absolute atomic E-state index is 0.111. The highest BCUT2D eigenvalue weighted by Crippen LogP contribution is 2.47. The first-order valence-electron chi connectivity index (χ1n) is 7.22. The van der Waals surface area contributed by atoms with Crippen LogP contribution in [0.3, 0.4) is 0 Å². The Kier molecular flexibility index (Phi) is 4.18. The number of amides is 1. The van der Waals surface area contributed by atoms with Crippen molar-refractivity contribution in [2.45, 2.75) is 31.0 Å². The summed E-state index contributed by atoms with van der Waals surface area (Å²) in [6, 6.07) is 5.60. The number of hydrogen-bond donors (Lipinski definition) is 2. The highest BCUT2D eigenvalue weighted by molar-refractivity contribution is 7.17. The van der Waals surface area contributed by atoms with Gasteiger partial charge < -0.3 is 11.1 Å². The van der Waals surface area contributed by atoms with Crippen LogP contribution in [0.1, 0.15) is 28.2 Å². The van der Waals surface area contributed by atoms with Crippen LogP contribution in [-0.2, 0) is 5.92 Å². The summed E-state index contributed by atoms with van der Waals surface area (Å²) < 4.78 is 66.0. The van der Waals surface area contributed by atoms with Gasteiger partial charge in [-0.05, 0) is 37.1 Å². The fraction of sp³-hybridized carbons (Fsp3) is 0.333. The Balaban J connectivity index is 2.07. The molecule has 3 N–H and O–H groups in total.